The van der Waals surface area contributed by atoms with Crippen LogP contribution in [0.5, 0.6) is 0 Å². The van der Waals surface area contributed by atoms with Crippen molar-refractivity contribution >= 4 is 34.9 Å². The average Bonchev–Trinajstić information content (AvgIpc) is 2.94. The molecule has 0 aliphatic rings. The maximum Gasteiger partial charge on any atom is 0.279 e. The number of hydrazine groups is 1. The van der Waals surface area contributed by atoms with Crippen molar-refractivity contribution < 1.29 is 9.59 Å². The van der Waals surface area contributed by atoms with Gasteiger partial charge in [0.25, 0.3) is 11.8 Å². The Morgan fingerprint density at radius 3 is 2.48 bits per heavy atom. The van der Waals surface area contributed by atoms with E-state index in [0.717, 1.165) is 22.6 Å². The summed E-state index contributed by atoms with van der Waals surface area (Å²) in [5.74, 6) is 0.288. The first kappa shape index (κ1) is 17.6. The summed E-state index contributed by atoms with van der Waals surface area (Å²) in [4.78, 5) is 27.1. The molecule has 2 amide bonds. The Morgan fingerprint density at radius 2 is 1.83 bits per heavy atom. The van der Waals surface area contributed by atoms with Crippen molar-refractivity contribution in [1.29, 1.82) is 0 Å². The number of hydrogen-bond donors (Lipinski definition) is 2. The van der Waals surface area contributed by atoms with Crippen molar-refractivity contribution in [1.82, 2.24) is 10.9 Å². The molecule has 0 unspecified atom stereocenters. The highest BCUT2D eigenvalue weighted by atomic mass is 32.2. The number of aryl methyl sites for hydroxylation is 2. The minimum atomic E-state index is -0.307. The molecule has 0 atom stereocenters. The maximum absolute atomic E-state index is 12.3. The van der Waals surface area contributed by atoms with E-state index in [0.29, 0.717) is 10.4 Å². The monoisotopic (exact) mass is 348 g/mol. The normalized spacial score (nSPS) is 10.4. The molecular formula is C17H20N2O2S2. The molecule has 1 heterocycles. The van der Waals surface area contributed by atoms with Crippen LogP contribution in [0.3, 0.4) is 0 Å². The molecule has 6 heteroatoms. The van der Waals surface area contributed by atoms with E-state index in [1.807, 2.05) is 38.1 Å². The Hall–Kier alpha value is -1.79. The molecule has 1 aromatic heterocycles. The van der Waals surface area contributed by atoms with Gasteiger partial charge in [-0.25, -0.2) is 0 Å². The van der Waals surface area contributed by atoms with Gasteiger partial charge < -0.3 is 0 Å². The molecule has 23 heavy (non-hydrogen) atoms. The molecule has 0 aliphatic carbocycles. The van der Waals surface area contributed by atoms with E-state index >= 15 is 0 Å². The van der Waals surface area contributed by atoms with Gasteiger partial charge in [-0.2, -0.15) is 0 Å². The van der Waals surface area contributed by atoms with Crippen LogP contribution in [0.1, 0.15) is 44.3 Å². The van der Waals surface area contributed by atoms with E-state index in [9.17, 15) is 9.59 Å². The molecule has 2 aromatic rings. The minimum Gasteiger partial charge on any atom is -0.267 e. The summed E-state index contributed by atoms with van der Waals surface area (Å²) >= 11 is 3.06. The zero-order chi connectivity index (χ0) is 16.8. The van der Waals surface area contributed by atoms with Gasteiger partial charge in [0, 0.05) is 9.77 Å². The standard InChI is InChI=1S/C17H20N2O2S2/c1-4-13-11(3)10-15(23-13)17(21)19-18-16(20)12-8-6-7-9-14(12)22-5-2/h6-10H,4-5H2,1-3H3,(H,18,20)(H,19,21). The summed E-state index contributed by atoms with van der Waals surface area (Å²) in [6.07, 6.45) is 0.901. The zero-order valence-corrected chi connectivity index (χ0v) is 15.1. The Balaban J connectivity index is 2.02. The van der Waals surface area contributed by atoms with E-state index < -0.39 is 0 Å². The number of thioether (sulfide) groups is 1. The van der Waals surface area contributed by atoms with Gasteiger partial charge in [-0.05, 0) is 42.9 Å². The fourth-order valence-corrected chi connectivity index (χ4v) is 3.97. The van der Waals surface area contributed by atoms with E-state index in [2.05, 4.69) is 17.8 Å². The molecule has 2 N–H and O–H groups in total. The highest BCUT2D eigenvalue weighted by Gasteiger charge is 2.14. The Bertz CT molecular complexity index is 710. The number of amides is 2. The summed E-state index contributed by atoms with van der Waals surface area (Å²) in [5, 5.41) is 0. The molecule has 2 rings (SSSR count). The third-order valence-corrected chi connectivity index (χ3v) is 5.62. The van der Waals surface area contributed by atoms with Gasteiger partial charge in [-0.15, -0.1) is 23.1 Å². The Morgan fingerprint density at radius 1 is 1.13 bits per heavy atom. The highest BCUT2D eigenvalue weighted by Crippen LogP contribution is 2.23. The van der Waals surface area contributed by atoms with Crippen LogP contribution in [0.4, 0.5) is 0 Å². The van der Waals surface area contributed by atoms with Crippen molar-refractivity contribution in [3.63, 3.8) is 0 Å². The van der Waals surface area contributed by atoms with Crippen LogP contribution in [0.25, 0.3) is 0 Å². The SMILES string of the molecule is CCSc1ccccc1C(=O)NNC(=O)c1cc(C)c(CC)s1. The zero-order valence-electron chi connectivity index (χ0n) is 13.4. The second-order valence-electron chi connectivity index (χ2n) is 4.91. The predicted molar refractivity (Wildman–Crippen MR) is 96.2 cm³/mol. The van der Waals surface area contributed by atoms with E-state index in [4.69, 9.17) is 0 Å². The maximum atomic E-state index is 12.3. The lowest BCUT2D eigenvalue weighted by Gasteiger charge is -2.09. The van der Waals surface area contributed by atoms with Crippen LogP contribution in [0.15, 0.2) is 35.2 Å². The van der Waals surface area contributed by atoms with Gasteiger partial charge in [-0.1, -0.05) is 26.0 Å². The lowest BCUT2D eigenvalue weighted by atomic mass is 10.2. The smallest absolute Gasteiger partial charge is 0.267 e. The second kappa shape index (κ2) is 8.17. The number of rotatable bonds is 5. The fraction of sp³-hybridized carbons (Fsp3) is 0.294. The van der Waals surface area contributed by atoms with Gasteiger partial charge in [-0.3, -0.25) is 20.4 Å². The lowest BCUT2D eigenvalue weighted by molar-refractivity contribution is 0.0847. The number of carbonyl (C=O) groups is 2. The third kappa shape index (κ3) is 4.36. The first-order chi connectivity index (χ1) is 11.1. The fourth-order valence-electron chi connectivity index (χ4n) is 2.16. The van der Waals surface area contributed by atoms with Crippen LogP contribution in [0.2, 0.25) is 0 Å². The predicted octanol–water partition coefficient (Wildman–Crippen LogP) is 3.81. The molecule has 0 radical (unpaired) electrons. The molecule has 122 valence electrons. The van der Waals surface area contributed by atoms with Crippen molar-refractivity contribution in [2.24, 2.45) is 0 Å². The number of nitrogens with one attached hydrogen (secondary N) is 2. The highest BCUT2D eigenvalue weighted by molar-refractivity contribution is 7.99. The molecular weight excluding hydrogens is 328 g/mol. The molecule has 0 bridgehead atoms. The van der Waals surface area contributed by atoms with E-state index in [1.54, 1.807) is 17.8 Å². The summed E-state index contributed by atoms with van der Waals surface area (Å²) < 4.78 is 0. The van der Waals surface area contributed by atoms with Gasteiger partial charge >= 0.3 is 0 Å². The Kier molecular flexibility index (Phi) is 6.24. The molecule has 0 fully saturated rings. The summed E-state index contributed by atoms with van der Waals surface area (Å²) in [6, 6.07) is 9.22. The van der Waals surface area contributed by atoms with Crippen molar-refractivity contribution in [2.75, 3.05) is 5.75 Å². The molecule has 0 spiro atoms. The molecule has 0 aliphatic heterocycles. The first-order valence-electron chi connectivity index (χ1n) is 7.48. The quantitative estimate of drug-likeness (QED) is 0.638. The molecule has 1 aromatic carbocycles. The first-order valence-corrected chi connectivity index (χ1v) is 9.28. The van der Waals surface area contributed by atoms with Crippen molar-refractivity contribution in [3.05, 3.63) is 51.2 Å². The number of carbonyl (C=O) groups excluding carboxylic acids is 2. The Labute approximate surface area is 144 Å². The second-order valence-corrected chi connectivity index (χ2v) is 7.35. The number of hydrogen-bond acceptors (Lipinski definition) is 4. The van der Waals surface area contributed by atoms with Gasteiger partial charge in [0.1, 0.15) is 0 Å². The van der Waals surface area contributed by atoms with Gasteiger partial charge in [0.05, 0.1) is 10.4 Å². The van der Waals surface area contributed by atoms with Gasteiger partial charge in [0.2, 0.25) is 0 Å². The third-order valence-electron chi connectivity index (χ3n) is 3.29. The largest absolute Gasteiger partial charge is 0.279 e. The molecule has 0 saturated heterocycles. The lowest BCUT2D eigenvalue weighted by Crippen LogP contribution is -2.41. The summed E-state index contributed by atoms with van der Waals surface area (Å²) in [7, 11) is 0. The van der Waals surface area contributed by atoms with Crippen LogP contribution in [0, 0.1) is 6.92 Å². The summed E-state index contributed by atoms with van der Waals surface area (Å²) in [5.41, 5.74) is 6.67. The average molecular weight is 348 g/mol. The number of thiophene rings is 1. The van der Waals surface area contributed by atoms with Crippen LogP contribution >= 0.6 is 23.1 Å². The summed E-state index contributed by atoms with van der Waals surface area (Å²) in [6.45, 7) is 6.08. The minimum absolute atomic E-state index is 0.285. The van der Waals surface area contributed by atoms with Crippen molar-refractivity contribution in [2.45, 2.75) is 32.1 Å². The molecule has 0 saturated carbocycles. The van der Waals surface area contributed by atoms with E-state index in [-0.39, 0.29) is 11.8 Å². The molecule has 4 nitrogen and oxygen atoms in total. The van der Waals surface area contributed by atoms with Gasteiger partial charge in [0.15, 0.2) is 0 Å². The van der Waals surface area contributed by atoms with Crippen LogP contribution in [-0.4, -0.2) is 17.6 Å². The number of benzene rings is 1. The van der Waals surface area contributed by atoms with E-state index in [1.165, 1.54) is 16.2 Å². The van der Waals surface area contributed by atoms with Crippen LogP contribution < -0.4 is 10.9 Å². The van der Waals surface area contributed by atoms with Crippen LogP contribution in [-0.2, 0) is 6.42 Å². The topological polar surface area (TPSA) is 58.2 Å². The van der Waals surface area contributed by atoms with Crippen molar-refractivity contribution in [3.8, 4) is 0 Å².